The number of piperidine rings is 1. The zero-order valence-corrected chi connectivity index (χ0v) is 14.6. The first kappa shape index (κ1) is 15.9. The third kappa shape index (κ3) is 3.29. The molecule has 0 spiro atoms. The Labute approximate surface area is 139 Å². The average molecular weight is 340 g/mol. The standard InChI is InChI=1S/C17H28N2O3S/c20-17(11-14-10-12-1-2-13(14)9-12)18-15-5-7-19(8-6-15)23(21,22)16-3-4-16/h12-16H,1-11H2,(H,18,20). The Kier molecular flexibility index (Phi) is 4.16. The monoisotopic (exact) mass is 340 g/mol. The summed E-state index contributed by atoms with van der Waals surface area (Å²) < 4.78 is 26.1. The lowest BCUT2D eigenvalue weighted by Crippen LogP contribution is -2.47. The van der Waals surface area contributed by atoms with Crippen LogP contribution in [-0.4, -0.2) is 43.0 Å². The van der Waals surface area contributed by atoms with Gasteiger partial charge in [0.15, 0.2) is 0 Å². The maximum absolute atomic E-state index is 12.3. The number of carbonyl (C=O) groups excluding carboxylic acids is 1. The number of carbonyl (C=O) groups is 1. The number of sulfonamides is 1. The van der Waals surface area contributed by atoms with Crippen LogP contribution in [0.1, 0.15) is 57.8 Å². The fourth-order valence-electron chi connectivity index (χ4n) is 4.98. The summed E-state index contributed by atoms with van der Waals surface area (Å²) in [6.45, 7) is 1.13. The topological polar surface area (TPSA) is 66.5 Å². The molecule has 3 atom stereocenters. The van der Waals surface area contributed by atoms with Crippen LogP contribution in [0.5, 0.6) is 0 Å². The predicted octanol–water partition coefficient (Wildman–Crippen LogP) is 1.89. The Morgan fingerprint density at radius 1 is 1.00 bits per heavy atom. The minimum absolute atomic E-state index is 0.119. The first-order valence-electron chi connectivity index (χ1n) is 9.30. The predicted molar refractivity (Wildman–Crippen MR) is 88.2 cm³/mol. The summed E-state index contributed by atoms with van der Waals surface area (Å²) in [5.41, 5.74) is 0. The molecule has 1 N–H and O–H groups in total. The number of amides is 1. The first-order chi connectivity index (χ1) is 11.0. The molecule has 5 nitrogen and oxygen atoms in total. The molecule has 1 saturated heterocycles. The Hall–Kier alpha value is -0.620. The van der Waals surface area contributed by atoms with E-state index < -0.39 is 10.0 Å². The SMILES string of the molecule is O=C(CC1CC2CCC1C2)NC1CCN(S(=O)(=O)C2CC2)CC1. The van der Waals surface area contributed by atoms with Crippen LogP contribution >= 0.6 is 0 Å². The molecule has 4 rings (SSSR count). The molecule has 3 saturated carbocycles. The number of rotatable bonds is 5. The second kappa shape index (κ2) is 6.03. The fourth-order valence-corrected chi connectivity index (χ4v) is 6.86. The molecule has 3 unspecified atom stereocenters. The maximum Gasteiger partial charge on any atom is 0.220 e. The maximum atomic E-state index is 12.3. The van der Waals surface area contributed by atoms with E-state index in [1.165, 1.54) is 25.7 Å². The van der Waals surface area contributed by atoms with Crippen molar-refractivity contribution in [2.75, 3.05) is 13.1 Å². The van der Waals surface area contributed by atoms with Gasteiger partial charge in [-0.2, -0.15) is 0 Å². The van der Waals surface area contributed by atoms with E-state index in [2.05, 4.69) is 5.32 Å². The molecule has 0 aromatic heterocycles. The van der Waals surface area contributed by atoms with Gasteiger partial charge in [-0.15, -0.1) is 0 Å². The third-order valence-corrected chi connectivity index (χ3v) is 8.86. The molecule has 0 aromatic carbocycles. The number of fused-ring (bicyclic) bond motifs is 2. The molecule has 130 valence electrons. The van der Waals surface area contributed by atoms with Crippen LogP contribution in [0.4, 0.5) is 0 Å². The highest BCUT2D eigenvalue weighted by molar-refractivity contribution is 7.90. The van der Waals surface area contributed by atoms with E-state index in [4.69, 9.17) is 0 Å². The molecule has 0 aromatic rings. The third-order valence-electron chi connectivity index (χ3n) is 6.46. The first-order valence-corrected chi connectivity index (χ1v) is 10.8. The molecule has 4 fully saturated rings. The number of nitrogens with one attached hydrogen (secondary N) is 1. The van der Waals surface area contributed by atoms with Crippen LogP contribution in [0.25, 0.3) is 0 Å². The summed E-state index contributed by atoms with van der Waals surface area (Å²) in [5, 5.41) is 3.04. The molecular formula is C17H28N2O3S. The zero-order chi connectivity index (χ0) is 16.0. The highest BCUT2D eigenvalue weighted by atomic mass is 32.2. The zero-order valence-electron chi connectivity index (χ0n) is 13.7. The minimum Gasteiger partial charge on any atom is -0.353 e. The van der Waals surface area contributed by atoms with Gasteiger partial charge in [0.05, 0.1) is 5.25 Å². The fraction of sp³-hybridized carbons (Fsp3) is 0.941. The summed E-state index contributed by atoms with van der Waals surface area (Å²) in [4.78, 5) is 12.3. The van der Waals surface area contributed by atoms with Crippen LogP contribution in [0, 0.1) is 17.8 Å². The van der Waals surface area contributed by atoms with Gasteiger partial charge in [0.1, 0.15) is 0 Å². The van der Waals surface area contributed by atoms with Crippen molar-refractivity contribution in [1.82, 2.24) is 9.62 Å². The van der Waals surface area contributed by atoms with Crippen molar-refractivity contribution in [1.29, 1.82) is 0 Å². The normalized spacial score (nSPS) is 35.6. The van der Waals surface area contributed by atoms with E-state index in [0.717, 1.165) is 37.5 Å². The molecule has 4 aliphatic rings. The van der Waals surface area contributed by atoms with E-state index in [0.29, 0.717) is 25.4 Å². The van der Waals surface area contributed by atoms with Gasteiger partial charge >= 0.3 is 0 Å². The van der Waals surface area contributed by atoms with Crippen molar-refractivity contribution in [3.8, 4) is 0 Å². The molecule has 1 amide bonds. The van der Waals surface area contributed by atoms with Gasteiger partial charge in [-0.05, 0) is 62.7 Å². The van der Waals surface area contributed by atoms with Gasteiger partial charge in [-0.25, -0.2) is 12.7 Å². The molecule has 23 heavy (non-hydrogen) atoms. The average Bonchev–Trinajstić information content (AvgIpc) is 3.20. The second-order valence-corrected chi connectivity index (χ2v) is 10.3. The van der Waals surface area contributed by atoms with Crippen LogP contribution in [0.15, 0.2) is 0 Å². The van der Waals surface area contributed by atoms with Crippen LogP contribution in [0.2, 0.25) is 0 Å². The van der Waals surface area contributed by atoms with Gasteiger partial charge in [0.25, 0.3) is 0 Å². The van der Waals surface area contributed by atoms with Gasteiger partial charge in [0, 0.05) is 25.6 Å². The lowest BCUT2D eigenvalue weighted by atomic mass is 9.86. The highest BCUT2D eigenvalue weighted by Crippen LogP contribution is 2.49. The van der Waals surface area contributed by atoms with Crippen molar-refractivity contribution in [2.45, 2.75) is 69.1 Å². The van der Waals surface area contributed by atoms with Crippen molar-refractivity contribution in [3.05, 3.63) is 0 Å². The Morgan fingerprint density at radius 2 is 1.74 bits per heavy atom. The Balaban J connectivity index is 1.22. The van der Waals surface area contributed by atoms with E-state index in [9.17, 15) is 13.2 Å². The smallest absolute Gasteiger partial charge is 0.220 e. The molecule has 2 bridgehead atoms. The van der Waals surface area contributed by atoms with E-state index >= 15 is 0 Å². The summed E-state index contributed by atoms with van der Waals surface area (Å²) in [5.74, 6) is 2.46. The molecular weight excluding hydrogens is 312 g/mol. The Morgan fingerprint density at radius 3 is 2.30 bits per heavy atom. The van der Waals surface area contributed by atoms with E-state index in [1.54, 1.807) is 4.31 Å². The van der Waals surface area contributed by atoms with Gasteiger partial charge in [0.2, 0.25) is 15.9 Å². The lowest BCUT2D eigenvalue weighted by Gasteiger charge is -2.32. The highest BCUT2D eigenvalue weighted by Gasteiger charge is 2.42. The van der Waals surface area contributed by atoms with Crippen molar-refractivity contribution < 1.29 is 13.2 Å². The molecule has 1 heterocycles. The summed E-state index contributed by atoms with van der Waals surface area (Å²) in [7, 11) is -3.04. The van der Waals surface area contributed by atoms with Gasteiger partial charge in [-0.1, -0.05) is 6.42 Å². The van der Waals surface area contributed by atoms with E-state index in [1.807, 2.05) is 0 Å². The largest absolute Gasteiger partial charge is 0.353 e. The Bertz CT molecular complexity index is 564. The summed E-state index contributed by atoms with van der Waals surface area (Å²) in [6, 6.07) is 0.159. The molecule has 3 aliphatic carbocycles. The second-order valence-electron chi connectivity index (χ2n) is 8.12. The lowest BCUT2D eigenvalue weighted by molar-refractivity contribution is -0.123. The van der Waals surface area contributed by atoms with Crippen LogP contribution < -0.4 is 5.32 Å². The van der Waals surface area contributed by atoms with Gasteiger partial charge < -0.3 is 5.32 Å². The number of hydrogen-bond donors (Lipinski definition) is 1. The number of nitrogens with zero attached hydrogens (tertiary/aromatic N) is 1. The quantitative estimate of drug-likeness (QED) is 0.831. The molecule has 1 aliphatic heterocycles. The van der Waals surface area contributed by atoms with Crippen molar-refractivity contribution in [3.63, 3.8) is 0 Å². The molecule has 0 radical (unpaired) electrons. The number of hydrogen-bond acceptors (Lipinski definition) is 3. The van der Waals surface area contributed by atoms with Crippen LogP contribution in [0.3, 0.4) is 0 Å². The van der Waals surface area contributed by atoms with E-state index in [-0.39, 0.29) is 17.2 Å². The van der Waals surface area contributed by atoms with Crippen molar-refractivity contribution in [2.24, 2.45) is 17.8 Å². The summed E-state index contributed by atoms with van der Waals surface area (Å²) in [6.07, 6.45) is 9.12. The van der Waals surface area contributed by atoms with Crippen LogP contribution in [-0.2, 0) is 14.8 Å². The molecule has 6 heteroatoms. The summed E-state index contributed by atoms with van der Waals surface area (Å²) >= 11 is 0. The minimum atomic E-state index is -3.04. The van der Waals surface area contributed by atoms with Crippen molar-refractivity contribution >= 4 is 15.9 Å². The van der Waals surface area contributed by atoms with Gasteiger partial charge in [-0.3, -0.25) is 4.79 Å².